The number of amides is 1. The minimum Gasteiger partial charge on any atom is -0.486 e. The number of nitrogens with one attached hydrogen (secondary N) is 1. The number of carbonyl (C=O) groups is 3. The largest absolute Gasteiger partial charge is 0.486 e. The van der Waals surface area contributed by atoms with Crippen molar-refractivity contribution in [3.8, 4) is 21.9 Å². The summed E-state index contributed by atoms with van der Waals surface area (Å²) in [6, 6.07) is 17.4. The average Bonchev–Trinajstić information content (AvgIpc) is 3.37. The molecule has 0 spiro atoms. The van der Waals surface area contributed by atoms with E-state index < -0.39 is 30.5 Å². The van der Waals surface area contributed by atoms with Crippen molar-refractivity contribution in [3.63, 3.8) is 0 Å². The van der Waals surface area contributed by atoms with Gasteiger partial charge in [0.15, 0.2) is 18.1 Å². The second kappa shape index (κ2) is 10.8. The monoisotopic (exact) mass is 481 g/mol. The standard InChI is InChI=1S/C25H23NO7S/c1-30-24(28)18(13-16-5-3-2-4-6-16)26-23(27)15-33-25(29)22-10-9-21(34-22)17-7-8-19-20(14-17)32-12-11-31-19/h2-10,14,18H,11-13,15H2,1H3,(H,26,27)/t18-/m1/s1. The Labute approximate surface area is 200 Å². The van der Waals surface area contributed by atoms with Crippen LogP contribution in [0.1, 0.15) is 15.2 Å². The molecule has 0 unspecified atom stereocenters. The maximum atomic E-state index is 12.5. The van der Waals surface area contributed by atoms with Crippen LogP contribution in [0.15, 0.2) is 60.7 Å². The number of methoxy groups -OCH3 is 1. The van der Waals surface area contributed by atoms with Gasteiger partial charge in [-0.15, -0.1) is 11.3 Å². The molecule has 4 rings (SSSR count). The van der Waals surface area contributed by atoms with E-state index in [2.05, 4.69) is 5.32 Å². The first kappa shape index (κ1) is 23.3. The number of hydrogen-bond donors (Lipinski definition) is 1. The third-order valence-corrected chi connectivity index (χ3v) is 6.19. The van der Waals surface area contributed by atoms with E-state index >= 15 is 0 Å². The SMILES string of the molecule is COC(=O)[C@@H](Cc1ccccc1)NC(=O)COC(=O)c1ccc(-c2ccc3c(c2)OCCO3)s1. The summed E-state index contributed by atoms with van der Waals surface area (Å²) in [5.74, 6) is -0.445. The number of esters is 2. The highest BCUT2D eigenvalue weighted by Gasteiger charge is 2.23. The highest BCUT2D eigenvalue weighted by atomic mass is 32.1. The zero-order valence-corrected chi connectivity index (χ0v) is 19.3. The molecule has 2 aromatic carbocycles. The van der Waals surface area contributed by atoms with E-state index in [9.17, 15) is 14.4 Å². The van der Waals surface area contributed by atoms with Gasteiger partial charge in [-0.05, 0) is 41.5 Å². The van der Waals surface area contributed by atoms with Gasteiger partial charge in [0, 0.05) is 11.3 Å². The van der Waals surface area contributed by atoms with E-state index in [1.807, 2.05) is 48.5 Å². The molecule has 0 fully saturated rings. The topological polar surface area (TPSA) is 100 Å². The van der Waals surface area contributed by atoms with Crippen LogP contribution in [-0.4, -0.2) is 50.8 Å². The van der Waals surface area contributed by atoms with Gasteiger partial charge < -0.3 is 24.3 Å². The first-order valence-electron chi connectivity index (χ1n) is 10.6. The Morgan fingerprint density at radius 3 is 2.53 bits per heavy atom. The van der Waals surface area contributed by atoms with E-state index in [0.29, 0.717) is 29.6 Å². The molecule has 1 aromatic heterocycles. The Morgan fingerprint density at radius 1 is 1.00 bits per heavy atom. The quantitative estimate of drug-likeness (QED) is 0.493. The lowest BCUT2D eigenvalue weighted by atomic mass is 10.1. The third-order valence-electron chi connectivity index (χ3n) is 5.07. The molecule has 0 saturated carbocycles. The van der Waals surface area contributed by atoms with Crippen LogP contribution in [0.3, 0.4) is 0 Å². The van der Waals surface area contributed by atoms with Gasteiger partial charge in [0.2, 0.25) is 0 Å². The summed E-state index contributed by atoms with van der Waals surface area (Å²) >= 11 is 1.24. The van der Waals surface area contributed by atoms with Gasteiger partial charge in [0.25, 0.3) is 5.91 Å². The lowest BCUT2D eigenvalue weighted by Crippen LogP contribution is -2.44. The molecule has 8 nitrogen and oxygen atoms in total. The molecule has 0 aliphatic carbocycles. The molecular weight excluding hydrogens is 458 g/mol. The summed E-state index contributed by atoms with van der Waals surface area (Å²) in [6.07, 6.45) is 0.261. The summed E-state index contributed by atoms with van der Waals surface area (Å²) < 4.78 is 21.1. The van der Waals surface area contributed by atoms with Gasteiger partial charge in [-0.25, -0.2) is 9.59 Å². The van der Waals surface area contributed by atoms with Gasteiger partial charge in [0.05, 0.1) is 7.11 Å². The summed E-state index contributed by atoms with van der Waals surface area (Å²) in [4.78, 5) is 38.1. The van der Waals surface area contributed by atoms with E-state index in [4.69, 9.17) is 18.9 Å². The van der Waals surface area contributed by atoms with Crippen molar-refractivity contribution in [2.24, 2.45) is 0 Å². The van der Waals surface area contributed by atoms with Gasteiger partial charge in [-0.2, -0.15) is 0 Å². The van der Waals surface area contributed by atoms with Gasteiger partial charge in [-0.1, -0.05) is 30.3 Å². The van der Waals surface area contributed by atoms with Crippen molar-refractivity contribution < 1.29 is 33.3 Å². The van der Waals surface area contributed by atoms with Crippen molar-refractivity contribution in [2.45, 2.75) is 12.5 Å². The normalized spacial score (nSPS) is 13.0. The lowest BCUT2D eigenvalue weighted by molar-refractivity contribution is -0.145. The first-order chi connectivity index (χ1) is 16.5. The molecule has 1 amide bonds. The lowest BCUT2D eigenvalue weighted by Gasteiger charge is -2.18. The Bertz CT molecular complexity index is 1180. The molecule has 1 atom stereocenters. The van der Waals surface area contributed by atoms with Crippen LogP contribution in [0.5, 0.6) is 11.5 Å². The molecule has 1 aliphatic heterocycles. The second-order valence-electron chi connectivity index (χ2n) is 7.43. The predicted molar refractivity (Wildman–Crippen MR) is 125 cm³/mol. The molecule has 1 aliphatic rings. The third kappa shape index (κ3) is 5.74. The van der Waals surface area contributed by atoms with Crippen molar-refractivity contribution >= 4 is 29.2 Å². The number of hydrogen-bond acceptors (Lipinski definition) is 8. The smallest absolute Gasteiger partial charge is 0.348 e. The Balaban J connectivity index is 1.33. The van der Waals surface area contributed by atoms with Gasteiger partial charge in [0.1, 0.15) is 24.1 Å². The number of ether oxygens (including phenoxy) is 4. The van der Waals surface area contributed by atoms with Crippen LogP contribution in [-0.2, 0) is 25.5 Å². The van der Waals surface area contributed by atoms with Crippen molar-refractivity contribution in [3.05, 3.63) is 71.1 Å². The van der Waals surface area contributed by atoms with Crippen LogP contribution < -0.4 is 14.8 Å². The molecular formula is C25H23NO7S. The van der Waals surface area contributed by atoms with E-state index in [-0.39, 0.29) is 6.42 Å². The van der Waals surface area contributed by atoms with E-state index in [1.54, 1.807) is 12.1 Å². The fraction of sp³-hybridized carbons (Fsp3) is 0.240. The molecule has 1 N–H and O–H groups in total. The molecule has 0 saturated heterocycles. The Hall–Kier alpha value is -3.85. The first-order valence-corrected chi connectivity index (χ1v) is 11.4. The summed E-state index contributed by atoms with van der Waals surface area (Å²) in [7, 11) is 1.25. The van der Waals surface area contributed by atoms with E-state index in [1.165, 1.54) is 18.4 Å². The molecule has 176 valence electrons. The summed E-state index contributed by atoms with van der Waals surface area (Å²) in [5, 5.41) is 2.57. The highest BCUT2D eigenvalue weighted by Crippen LogP contribution is 2.37. The second-order valence-corrected chi connectivity index (χ2v) is 8.52. The zero-order valence-electron chi connectivity index (χ0n) is 18.4. The van der Waals surface area contributed by atoms with Crippen molar-refractivity contribution in [1.29, 1.82) is 0 Å². The molecule has 2 heterocycles. The molecule has 3 aromatic rings. The Kier molecular flexibility index (Phi) is 7.44. The zero-order chi connectivity index (χ0) is 23.9. The van der Waals surface area contributed by atoms with Crippen molar-refractivity contribution in [1.82, 2.24) is 5.32 Å². The fourth-order valence-electron chi connectivity index (χ4n) is 3.42. The number of carbonyl (C=O) groups excluding carboxylic acids is 3. The van der Waals surface area contributed by atoms with Crippen LogP contribution in [0, 0.1) is 0 Å². The van der Waals surface area contributed by atoms with Crippen LogP contribution in [0.2, 0.25) is 0 Å². The minimum absolute atomic E-state index is 0.261. The van der Waals surface area contributed by atoms with Crippen LogP contribution >= 0.6 is 11.3 Å². The minimum atomic E-state index is -0.887. The fourth-order valence-corrected chi connectivity index (χ4v) is 4.32. The van der Waals surface area contributed by atoms with Crippen LogP contribution in [0.4, 0.5) is 0 Å². The average molecular weight is 482 g/mol. The molecule has 34 heavy (non-hydrogen) atoms. The highest BCUT2D eigenvalue weighted by molar-refractivity contribution is 7.17. The molecule has 0 bridgehead atoms. The van der Waals surface area contributed by atoms with Crippen molar-refractivity contribution in [2.75, 3.05) is 26.9 Å². The maximum absolute atomic E-state index is 12.5. The maximum Gasteiger partial charge on any atom is 0.348 e. The van der Waals surface area contributed by atoms with E-state index in [0.717, 1.165) is 16.0 Å². The van der Waals surface area contributed by atoms with Gasteiger partial charge >= 0.3 is 11.9 Å². The Morgan fingerprint density at radius 2 is 1.76 bits per heavy atom. The number of thiophene rings is 1. The summed E-state index contributed by atoms with van der Waals surface area (Å²) in [5.41, 5.74) is 1.74. The van der Waals surface area contributed by atoms with Gasteiger partial charge in [-0.3, -0.25) is 4.79 Å². The molecule has 9 heteroatoms. The number of fused-ring (bicyclic) bond motifs is 1. The van der Waals surface area contributed by atoms with Crippen LogP contribution in [0.25, 0.3) is 10.4 Å². The number of benzene rings is 2. The molecule has 0 radical (unpaired) electrons. The summed E-state index contributed by atoms with van der Waals surface area (Å²) in [6.45, 7) is 0.489. The predicted octanol–water partition coefficient (Wildman–Crippen LogP) is 3.24. The number of rotatable bonds is 8.